The Morgan fingerprint density at radius 3 is 2.67 bits per heavy atom. The van der Waals surface area contributed by atoms with Crippen LogP contribution >= 0.6 is 0 Å². The highest BCUT2D eigenvalue weighted by atomic mass is 16.4. The number of hydrogen-bond acceptors (Lipinski definition) is 3. The van der Waals surface area contributed by atoms with Crippen molar-refractivity contribution in [2.75, 3.05) is 6.54 Å². The molecule has 2 amide bonds. The van der Waals surface area contributed by atoms with Gasteiger partial charge in [0.25, 0.3) is 0 Å². The molecule has 2 aliphatic rings. The molecule has 1 saturated heterocycles. The number of carboxylic acids is 1. The lowest BCUT2D eigenvalue weighted by atomic mass is 10.1. The Labute approximate surface area is 124 Å². The first-order valence-corrected chi connectivity index (χ1v) is 7.46. The quantitative estimate of drug-likeness (QED) is 0.713. The van der Waals surface area contributed by atoms with Gasteiger partial charge in [-0.05, 0) is 19.3 Å². The molecule has 0 aromatic heterocycles. The Balaban J connectivity index is 1.92. The molecule has 0 aromatic carbocycles. The lowest BCUT2D eigenvalue weighted by Crippen LogP contribution is -2.44. The van der Waals surface area contributed by atoms with Crippen LogP contribution in [0.3, 0.4) is 0 Å². The minimum atomic E-state index is -1.08. The first kappa shape index (κ1) is 15.5. The van der Waals surface area contributed by atoms with Crippen LogP contribution in [-0.4, -0.2) is 46.4 Å². The SMILES string of the molecule is C=CCC(NC(=O)C1CC(=O)N(C2CCCC2)C1)C(=O)O. The molecule has 0 spiro atoms. The molecule has 6 heteroatoms. The summed E-state index contributed by atoms with van der Waals surface area (Å²) < 4.78 is 0. The van der Waals surface area contributed by atoms with Gasteiger partial charge in [-0.1, -0.05) is 18.9 Å². The van der Waals surface area contributed by atoms with E-state index in [-0.39, 0.29) is 30.7 Å². The van der Waals surface area contributed by atoms with Crippen LogP contribution in [0.15, 0.2) is 12.7 Å². The molecule has 2 N–H and O–H groups in total. The second-order valence-corrected chi connectivity index (χ2v) is 5.81. The van der Waals surface area contributed by atoms with E-state index in [0.29, 0.717) is 6.54 Å². The van der Waals surface area contributed by atoms with Crippen LogP contribution in [0, 0.1) is 5.92 Å². The summed E-state index contributed by atoms with van der Waals surface area (Å²) in [7, 11) is 0. The zero-order chi connectivity index (χ0) is 15.4. The third-order valence-corrected chi connectivity index (χ3v) is 4.31. The zero-order valence-electron chi connectivity index (χ0n) is 12.1. The summed E-state index contributed by atoms with van der Waals surface area (Å²) >= 11 is 0. The number of carbonyl (C=O) groups excluding carboxylic acids is 2. The molecule has 2 fully saturated rings. The molecule has 0 radical (unpaired) electrons. The summed E-state index contributed by atoms with van der Waals surface area (Å²) in [6.07, 6.45) is 6.10. The standard InChI is InChI=1S/C15H22N2O4/c1-2-5-12(15(20)21)16-14(19)10-8-13(18)17(9-10)11-6-3-4-7-11/h2,10-12H,1,3-9H2,(H,16,19)(H,20,21). The van der Waals surface area contributed by atoms with E-state index in [2.05, 4.69) is 11.9 Å². The van der Waals surface area contributed by atoms with Gasteiger partial charge in [0.2, 0.25) is 11.8 Å². The molecule has 0 aromatic rings. The van der Waals surface area contributed by atoms with Crippen molar-refractivity contribution in [2.24, 2.45) is 5.92 Å². The van der Waals surface area contributed by atoms with Crippen molar-refractivity contribution in [3.63, 3.8) is 0 Å². The van der Waals surface area contributed by atoms with E-state index >= 15 is 0 Å². The summed E-state index contributed by atoms with van der Waals surface area (Å²) in [5, 5.41) is 11.5. The van der Waals surface area contributed by atoms with E-state index in [1.165, 1.54) is 6.08 Å². The summed E-state index contributed by atoms with van der Waals surface area (Å²) in [6.45, 7) is 3.90. The van der Waals surface area contributed by atoms with Crippen LogP contribution in [0.25, 0.3) is 0 Å². The number of likely N-dealkylation sites (tertiary alicyclic amines) is 1. The Morgan fingerprint density at radius 1 is 1.43 bits per heavy atom. The minimum absolute atomic E-state index is 0.0117. The van der Waals surface area contributed by atoms with Crippen molar-refractivity contribution < 1.29 is 19.5 Å². The first-order chi connectivity index (χ1) is 10.0. The van der Waals surface area contributed by atoms with Crippen molar-refractivity contribution in [1.29, 1.82) is 0 Å². The third-order valence-electron chi connectivity index (χ3n) is 4.31. The summed E-state index contributed by atoms with van der Waals surface area (Å²) in [6, 6.07) is -0.704. The summed E-state index contributed by atoms with van der Waals surface area (Å²) in [4.78, 5) is 37.0. The molecular weight excluding hydrogens is 272 g/mol. The summed E-state index contributed by atoms with van der Waals surface area (Å²) in [5.74, 6) is -1.86. The number of carbonyl (C=O) groups is 3. The molecule has 6 nitrogen and oxygen atoms in total. The number of rotatable bonds is 6. The fourth-order valence-corrected chi connectivity index (χ4v) is 3.15. The van der Waals surface area contributed by atoms with Gasteiger partial charge in [0.15, 0.2) is 0 Å². The Hall–Kier alpha value is -1.85. The number of hydrogen-bond donors (Lipinski definition) is 2. The van der Waals surface area contributed by atoms with Crippen molar-refractivity contribution in [3.05, 3.63) is 12.7 Å². The van der Waals surface area contributed by atoms with E-state index in [0.717, 1.165) is 25.7 Å². The van der Waals surface area contributed by atoms with E-state index in [9.17, 15) is 14.4 Å². The van der Waals surface area contributed by atoms with E-state index in [4.69, 9.17) is 5.11 Å². The van der Waals surface area contributed by atoms with Crippen LogP contribution in [0.2, 0.25) is 0 Å². The molecule has 2 unspecified atom stereocenters. The van der Waals surface area contributed by atoms with Crippen LogP contribution < -0.4 is 5.32 Å². The molecule has 2 atom stereocenters. The predicted molar refractivity (Wildman–Crippen MR) is 76.5 cm³/mol. The van der Waals surface area contributed by atoms with Crippen LogP contribution in [0.1, 0.15) is 38.5 Å². The molecule has 1 heterocycles. The van der Waals surface area contributed by atoms with Gasteiger partial charge in [0.05, 0.1) is 5.92 Å². The first-order valence-electron chi connectivity index (χ1n) is 7.46. The van der Waals surface area contributed by atoms with Gasteiger partial charge >= 0.3 is 5.97 Å². The van der Waals surface area contributed by atoms with Gasteiger partial charge in [-0.2, -0.15) is 0 Å². The topological polar surface area (TPSA) is 86.7 Å². The van der Waals surface area contributed by atoms with Gasteiger partial charge in [-0.15, -0.1) is 6.58 Å². The summed E-state index contributed by atoms with van der Waals surface area (Å²) in [5.41, 5.74) is 0. The lowest BCUT2D eigenvalue weighted by molar-refractivity contribution is -0.142. The van der Waals surface area contributed by atoms with Crippen LogP contribution in [0.4, 0.5) is 0 Å². The van der Waals surface area contributed by atoms with Gasteiger partial charge in [0.1, 0.15) is 6.04 Å². The normalized spacial score (nSPS) is 24.1. The predicted octanol–water partition coefficient (Wildman–Crippen LogP) is 0.923. The second kappa shape index (κ2) is 6.74. The van der Waals surface area contributed by atoms with Gasteiger partial charge in [-0.3, -0.25) is 9.59 Å². The zero-order valence-corrected chi connectivity index (χ0v) is 12.1. The smallest absolute Gasteiger partial charge is 0.326 e. The minimum Gasteiger partial charge on any atom is -0.480 e. The lowest BCUT2D eigenvalue weighted by Gasteiger charge is -2.24. The highest BCUT2D eigenvalue weighted by Gasteiger charge is 2.39. The molecule has 1 saturated carbocycles. The Bertz CT molecular complexity index is 443. The number of carboxylic acid groups (broad SMARTS) is 1. The third kappa shape index (κ3) is 3.62. The number of nitrogens with one attached hydrogen (secondary N) is 1. The maximum Gasteiger partial charge on any atom is 0.326 e. The highest BCUT2D eigenvalue weighted by Crippen LogP contribution is 2.29. The molecule has 0 bridgehead atoms. The van der Waals surface area contributed by atoms with Crippen molar-refractivity contribution in [2.45, 2.75) is 50.6 Å². The monoisotopic (exact) mass is 294 g/mol. The van der Waals surface area contributed by atoms with E-state index in [1.807, 2.05) is 0 Å². The Morgan fingerprint density at radius 2 is 2.10 bits per heavy atom. The fraction of sp³-hybridized carbons (Fsp3) is 0.667. The molecule has 2 rings (SSSR count). The van der Waals surface area contributed by atoms with Gasteiger partial charge in [0, 0.05) is 19.0 Å². The van der Waals surface area contributed by atoms with Crippen LogP contribution in [0.5, 0.6) is 0 Å². The maximum absolute atomic E-state index is 12.2. The molecule has 1 aliphatic carbocycles. The van der Waals surface area contributed by atoms with Crippen molar-refractivity contribution in [3.8, 4) is 0 Å². The molecule has 21 heavy (non-hydrogen) atoms. The van der Waals surface area contributed by atoms with Crippen molar-refractivity contribution >= 4 is 17.8 Å². The molecule has 116 valence electrons. The molecular formula is C15H22N2O4. The number of aliphatic carboxylic acids is 1. The van der Waals surface area contributed by atoms with E-state index < -0.39 is 17.9 Å². The second-order valence-electron chi connectivity index (χ2n) is 5.81. The van der Waals surface area contributed by atoms with Crippen LogP contribution in [-0.2, 0) is 14.4 Å². The fourth-order valence-electron chi connectivity index (χ4n) is 3.15. The largest absolute Gasteiger partial charge is 0.480 e. The average molecular weight is 294 g/mol. The van der Waals surface area contributed by atoms with Gasteiger partial charge in [-0.25, -0.2) is 4.79 Å². The molecule has 1 aliphatic heterocycles. The average Bonchev–Trinajstić information content (AvgIpc) is 3.06. The number of nitrogens with zero attached hydrogens (tertiary/aromatic N) is 1. The maximum atomic E-state index is 12.2. The number of amides is 2. The highest BCUT2D eigenvalue weighted by molar-refractivity contribution is 5.91. The van der Waals surface area contributed by atoms with E-state index in [1.54, 1.807) is 4.90 Å². The Kier molecular flexibility index (Phi) is 4.98. The van der Waals surface area contributed by atoms with Crippen molar-refractivity contribution in [1.82, 2.24) is 10.2 Å². The van der Waals surface area contributed by atoms with Gasteiger partial charge < -0.3 is 15.3 Å².